The molecule has 104 valence electrons. The SMILES string of the molecule is CCSCC(C)NC1CC(=O)N(C)c2ccccc21. The smallest absolute Gasteiger partial charge is 0.228 e. The predicted octanol–water partition coefficient (Wildman–Crippen LogP) is 2.83. The van der Waals surface area contributed by atoms with Crippen molar-refractivity contribution in [1.29, 1.82) is 0 Å². The van der Waals surface area contributed by atoms with Crippen molar-refractivity contribution in [2.75, 3.05) is 23.5 Å². The number of hydrogen-bond acceptors (Lipinski definition) is 3. The number of nitrogens with one attached hydrogen (secondary N) is 1. The lowest BCUT2D eigenvalue weighted by atomic mass is 9.95. The van der Waals surface area contributed by atoms with E-state index >= 15 is 0 Å². The van der Waals surface area contributed by atoms with Gasteiger partial charge in [0.2, 0.25) is 5.91 Å². The van der Waals surface area contributed by atoms with Crippen LogP contribution in [0, 0.1) is 0 Å². The second kappa shape index (κ2) is 6.44. The van der Waals surface area contributed by atoms with Gasteiger partial charge in [-0.2, -0.15) is 11.8 Å². The van der Waals surface area contributed by atoms with Gasteiger partial charge in [0.15, 0.2) is 0 Å². The fourth-order valence-electron chi connectivity index (χ4n) is 2.48. The quantitative estimate of drug-likeness (QED) is 0.899. The first kappa shape index (κ1) is 14.4. The van der Waals surface area contributed by atoms with Crippen molar-refractivity contribution < 1.29 is 4.79 Å². The molecule has 0 fully saturated rings. The summed E-state index contributed by atoms with van der Waals surface area (Å²) in [5, 5.41) is 3.59. The van der Waals surface area contributed by atoms with Gasteiger partial charge < -0.3 is 10.2 Å². The zero-order valence-corrected chi connectivity index (χ0v) is 12.7. The molecule has 3 nitrogen and oxygen atoms in total. The van der Waals surface area contributed by atoms with Gasteiger partial charge >= 0.3 is 0 Å². The van der Waals surface area contributed by atoms with Gasteiger partial charge in [-0.1, -0.05) is 25.1 Å². The molecule has 1 aromatic rings. The highest BCUT2D eigenvalue weighted by Gasteiger charge is 2.29. The van der Waals surface area contributed by atoms with E-state index in [1.807, 2.05) is 37.0 Å². The zero-order valence-electron chi connectivity index (χ0n) is 11.8. The van der Waals surface area contributed by atoms with Gasteiger partial charge in [-0.3, -0.25) is 4.79 Å². The molecule has 0 aromatic heterocycles. The minimum atomic E-state index is 0.146. The Morgan fingerprint density at radius 3 is 2.95 bits per heavy atom. The van der Waals surface area contributed by atoms with Gasteiger partial charge in [0.05, 0.1) is 0 Å². The zero-order chi connectivity index (χ0) is 13.8. The Bertz CT molecular complexity index is 450. The molecule has 4 heteroatoms. The largest absolute Gasteiger partial charge is 0.315 e. The third-order valence-corrected chi connectivity index (χ3v) is 4.63. The van der Waals surface area contributed by atoms with Gasteiger partial charge in [-0.15, -0.1) is 0 Å². The van der Waals surface area contributed by atoms with Gasteiger partial charge in [-0.05, 0) is 24.3 Å². The number of benzene rings is 1. The molecule has 0 radical (unpaired) electrons. The highest BCUT2D eigenvalue weighted by atomic mass is 32.2. The molecular weight excluding hydrogens is 256 g/mol. The Hall–Kier alpha value is -1.00. The van der Waals surface area contributed by atoms with Crippen LogP contribution in [0.15, 0.2) is 24.3 Å². The van der Waals surface area contributed by atoms with Crippen LogP contribution in [0.3, 0.4) is 0 Å². The van der Waals surface area contributed by atoms with Crippen LogP contribution in [-0.2, 0) is 4.79 Å². The maximum absolute atomic E-state index is 12.0. The molecule has 2 atom stereocenters. The Labute approximate surface area is 119 Å². The summed E-state index contributed by atoms with van der Waals surface area (Å²) in [6, 6.07) is 8.73. The summed E-state index contributed by atoms with van der Waals surface area (Å²) >= 11 is 1.93. The van der Waals surface area contributed by atoms with Crippen molar-refractivity contribution in [2.45, 2.75) is 32.4 Å². The molecule has 0 saturated heterocycles. The van der Waals surface area contributed by atoms with E-state index in [0.29, 0.717) is 12.5 Å². The molecule has 0 aliphatic carbocycles. The molecule has 1 amide bonds. The third-order valence-electron chi connectivity index (χ3n) is 3.48. The minimum Gasteiger partial charge on any atom is -0.315 e. The summed E-state index contributed by atoms with van der Waals surface area (Å²) in [6.07, 6.45) is 0.550. The molecule has 0 spiro atoms. The van der Waals surface area contributed by atoms with Gasteiger partial charge in [0.25, 0.3) is 0 Å². The average Bonchev–Trinajstić information content (AvgIpc) is 2.42. The van der Waals surface area contributed by atoms with Crippen LogP contribution in [0.5, 0.6) is 0 Å². The van der Waals surface area contributed by atoms with Crippen LogP contribution in [0.25, 0.3) is 0 Å². The molecular formula is C15H22N2OS. The minimum absolute atomic E-state index is 0.146. The first-order valence-corrected chi connectivity index (χ1v) is 7.98. The van der Waals surface area contributed by atoms with Crippen LogP contribution in [-0.4, -0.2) is 30.5 Å². The number of nitrogens with zero attached hydrogens (tertiary/aromatic N) is 1. The number of carbonyl (C=O) groups excluding carboxylic acids is 1. The monoisotopic (exact) mass is 278 g/mol. The summed E-state index contributed by atoms with van der Waals surface area (Å²) in [4.78, 5) is 13.8. The molecule has 2 rings (SSSR count). The van der Waals surface area contributed by atoms with Gasteiger partial charge in [0, 0.05) is 37.0 Å². The van der Waals surface area contributed by atoms with Crippen molar-refractivity contribution in [3.8, 4) is 0 Å². The highest BCUT2D eigenvalue weighted by Crippen LogP contribution is 2.33. The summed E-state index contributed by atoms with van der Waals surface area (Å²) in [7, 11) is 1.85. The molecule has 1 heterocycles. The Kier molecular flexibility index (Phi) is 4.88. The van der Waals surface area contributed by atoms with Gasteiger partial charge in [0.1, 0.15) is 0 Å². The van der Waals surface area contributed by atoms with E-state index in [-0.39, 0.29) is 11.9 Å². The first-order valence-electron chi connectivity index (χ1n) is 6.82. The van der Waals surface area contributed by atoms with Crippen LogP contribution >= 0.6 is 11.8 Å². The van der Waals surface area contributed by atoms with E-state index < -0.39 is 0 Å². The van der Waals surface area contributed by atoms with Crippen molar-refractivity contribution >= 4 is 23.4 Å². The maximum Gasteiger partial charge on any atom is 0.228 e. The normalized spacial score (nSPS) is 20.3. The number of fused-ring (bicyclic) bond motifs is 1. The molecule has 1 aromatic carbocycles. The Balaban J connectivity index is 2.13. The van der Waals surface area contributed by atoms with E-state index in [1.54, 1.807) is 4.90 Å². The van der Waals surface area contributed by atoms with Crippen LogP contribution in [0.2, 0.25) is 0 Å². The third kappa shape index (κ3) is 3.31. The summed E-state index contributed by atoms with van der Waals surface area (Å²) < 4.78 is 0. The second-order valence-electron chi connectivity index (χ2n) is 5.00. The molecule has 2 unspecified atom stereocenters. The van der Waals surface area contributed by atoms with Gasteiger partial charge in [-0.25, -0.2) is 0 Å². The summed E-state index contributed by atoms with van der Waals surface area (Å²) in [5.74, 6) is 2.40. The number of amides is 1. The number of para-hydroxylation sites is 1. The number of rotatable bonds is 5. The fraction of sp³-hybridized carbons (Fsp3) is 0.533. The average molecular weight is 278 g/mol. The van der Waals surface area contributed by atoms with E-state index in [9.17, 15) is 4.79 Å². The fourth-order valence-corrected chi connectivity index (χ4v) is 3.16. The number of anilines is 1. The second-order valence-corrected chi connectivity index (χ2v) is 6.31. The first-order chi connectivity index (χ1) is 9.13. The van der Waals surface area contributed by atoms with E-state index in [0.717, 1.165) is 17.2 Å². The summed E-state index contributed by atoms with van der Waals surface area (Å²) in [6.45, 7) is 4.36. The number of carbonyl (C=O) groups is 1. The van der Waals surface area contributed by atoms with Crippen LogP contribution < -0.4 is 10.2 Å². The molecule has 1 aliphatic heterocycles. The van der Waals surface area contributed by atoms with E-state index in [4.69, 9.17) is 0 Å². The standard InChI is InChI=1S/C15H22N2OS/c1-4-19-10-11(2)16-13-9-15(18)17(3)14-8-6-5-7-12(13)14/h5-8,11,13,16H,4,9-10H2,1-3H3. The lowest BCUT2D eigenvalue weighted by molar-refractivity contribution is -0.119. The van der Waals surface area contributed by atoms with E-state index in [1.165, 1.54) is 5.56 Å². The van der Waals surface area contributed by atoms with Crippen molar-refractivity contribution in [3.05, 3.63) is 29.8 Å². The van der Waals surface area contributed by atoms with Crippen molar-refractivity contribution in [2.24, 2.45) is 0 Å². The Morgan fingerprint density at radius 1 is 1.47 bits per heavy atom. The van der Waals surface area contributed by atoms with Crippen LogP contribution in [0.4, 0.5) is 5.69 Å². The highest BCUT2D eigenvalue weighted by molar-refractivity contribution is 7.99. The lowest BCUT2D eigenvalue weighted by Gasteiger charge is -2.33. The molecule has 19 heavy (non-hydrogen) atoms. The van der Waals surface area contributed by atoms with E-state index in [2.05, 4.69) is 25.2 Å². The number of thioether (sulfide) groups is 1. The molecule has 1 aliphatic rings. The summed E-state index contributed by atoms with van der Waals surface area (Å²) in [5.41, 5.74) is 2.27. The maximum atomic E-state index is 12.0. The van der Waals surface area contributed by atoms with Crippen LogP contribution in [0.1, 0.15) is 31.9 Å². The van der Waals surface area contributed by atoms with Crippen molar-refractivity contribution in [1.82, 2.24) is 5.32 Å². The molecule has 0 bridgehead atoms. The number of hydrogen-bond donors (Lipinski definition) is 1. The van der Waals surface area contributed by atoms with Crippen molar-refractivity contribution in [3.63, 3.8) is 0 Å². The lowest BCUT2D eigenvalue weighted by Crippen LogP contribution is -2.41. The molecule has 1 N–H and O–H groups in total. The Morgan fingerprint density at radius 2 is 2.21 bits per heavy atom. The predicted molar refractivity (Wildman–Crippen MR) is 82.8 cm³/mol. The topological polar surface area (TPSA) is 32.3 Å². The molecule has 0 saturated carbocycles.